The van der Waals surface area contributed by atoms with Gasteiger partial charge in [0.25, 0.3) is 0 Å². The highest BCUT2D eigenvalue weighted by Gasteiger charge is 2.13. The van der Waals surface area contributed by atoms with Gasteiger partial charge in [-0.1, -0.05) is 24.9 Å². The molecular weight excluding hydrogens is 314 g/mol. The van der Waals surface area contributed by atoms with Crippen LogP contribution in [-0.2, 0) is 4.79 Å². The predicted molar refractivity (Wildman–Crippen MR) is 95.3 cm³/mol. The van der Waals surface area contributed by atoms with Crippen LogP contribution in [-0.4, -0.2) is 37.6 Å². The van der Waals surface area contributed by atoms with Gasteiger partial charge >= 0.3 is 0 Å². The molecule has 0 unspecified atom stereocenters. The lowest BCUT2D eigenvalue weighted by molar-refractivity contribution is -0.124. The Morgan fingerprint density at radius 3 is 2.65 bits per heavy atom. The summed E-state index contributed by atoms with van der Waals surface area (Å²) in [6.07, 6.45) is 5.33. The van der Waals surface area contributed by atoms with Crippen molar-refractivity contribution in [1.82, 2.24) is 4.90 Å². The molecule has 0 radical (unpaired) electrons. The number of ether oxygens (including phenoxy) is 2. The third-order valence-electron chi connectivity index (χ3n) is 3.25. The first kappa shape index (κ1) is 19.4. The smallest absolute Gasteiger partial charge is 0.246 e. The molecule has 5 heteroatoms. The summed E-state index contributed by atoms with van der Waals surface area (Å²) < 4.78 is 11.0. The molecule has 1 aromatic carbocycles. The van der Waals surface area contributed by atoms with E-state index in [1.807, 2.05) is 13.8 Å². The van der Waals surface area contributed by atoms with E-state index in [2.05, 4.69) is 6.92 Å². The second kappa shape index (κ2) is 9.46. The first-order valence-electron chi connectivity index (χ1n) is 7.86. The van der Waals surface area contributed by atoms with Crippen molar-refractivity contribution in [2.75, 3.05) is 20.7 Å². The molecule has 0 saturated carbocycles. The van der Waals surface area contributed by atoms with E-state index in [0.29, 0.717) is 16.5 Å². The van der Waals surface area contributed by atoms with E-state index in [-0.39, 0.29) is 12.0 Å². The fraction of sp³-hybridized carbons (Fsp3) is 0.500. The Kier molecular flexibility index (Phi) is 7.96. The Morgan fingerprint density at radius 1 is 1.39 bits per heavy atom. The quantitative estimate of drug-likeness (QED) is 0.658. The maximum absolute atomic E-state index is 12.0. The number of carbonyl (C=O) groups is 1. The predicted octanol–water partition coefficient (Wildman–Crippen LogP) is 4.41. The van der Waals surface area contributed by atoms with Gasteiger partial charge in [0.2, 0.25) is 5.91 Å². The van der Waals surface area contributed by atoms with Crippen LogP contribution >= 0.6 is 11.6 Å². The average molecular weight is 340 g/mol. The summed E-state index contributed by atoms with van der Waals surface area (Å²) in [7, 11) is 3.37. The second-order valence-electron chi connectivity index (χ2n) is 5.65. The Hall–Kier alpha value is -1.68. The number of halogens is 1. The largest absolute Gasteiger partial charge is 0.493 e. The number of benzene rings is 1. The van der Waals surface area contributed by atoms with Crippen LogP contribution in [0.5, 0.6) is 11.5 Å². The van der Waals surface area contributed by atoms with Gasteiger partial charge in [0.05, 0.1) is 18.2 Å². The standard InChI is InChI=1S/C18H26ClNO3/c1-6-7-10-20(4)17(21)9-8-14-11-15(19)18(23-13(2)3)16(12-14)22-5/h8-9,11-13H,6-7,10H2,1-5H3. The van der Waals surface area contributed by atoms with Gasteiger partial charge < -0.3 is 14.4 Å². The Labute approximate surface area is 144 Å². The minimum Gasteiger partial charge on any atom is -0.493 e. The Bertz CT molecular complexity index is 555. The van der Waals surface area contributed by atoms with E-state index < -0.39 is 0 Å². The molecule has 0 fully saturated rings. The Balaban J connectivity index is 2.91. The maximum Gasteiger partial charge on any atom is 0.246 e. The number of carbonyl (C=O) groups excluding carboxylic acids is 1. The number of methoxy groups -OCH3 is 1. The van der Waals surface area contributed by atoms with Gasteiger partial charge in [-0.3, -0.25) is 4.79 Å². The summed E-state index contributed by atoms with van der Waals surface area (Å²) in [5.74, 6) is 1.04. The number of hydrogen-bond donors (Lipinski definition) is 0. The molecule has 1 rings (SSSR count). The summed E-state index contributed by atoms with van der Waals surface area (Å²) in [4.78, 5) is 13.7. The monoisotopic (exact) mass is 339 g/mol. The van der Waals surface area contributed by atoms with Gasteiger partial charge in [-0.15, -0.1) is 0 Å². The van der Waals surface area contributed by atoms with Crippen molar-refractivity contribution >= 4 is 23.6 Å². The van der Waals surface area contributed by atoms with E-state index in [1.165, 1.54) is 0 Å². The molecule has 0 heterocycles. The molecule has 23 heavy (non-hydrogen) atoms. The summed E-state index contributed by atoms with van der Waals surface area (Å²) in [6, 6.07) is 3.57. The van der Waals surface area contributed by atoms with Gasteiger partial charge in [-0.2, -0.15) is 0 Å². The summed E-state index contributed by atoms with van der Waals surface area (Å²) in [5.41, 5.74) is 0.792. The number of amides is 1. The van der Waals surface area contributed by atoms with E-state index in [4.69, 9.17) is 21.1 Å². The zero-order valence-electron chi connectivity index (χ0n) is 14.6. The SMILES string of the molecule is CCCCN(C)C(=O)C=Cc1cc(Cl)c(OC(C)C)c(OC)c1. The molecular formula is C18H26ClNO3. The van der Waals surface area contributed by atoms with E-state index in [0.717, 1.165) is 24.9 Å². The molecule has 128 valence electrons. The molecule has 0 bridgehead atoms. The van der Waals surface area contributed by atoms with Crippen molar-refractivity contribution in [3.05, 3.63) is 28.8 Å². The van der Waals surface area contributed by atoms with E-state index >= 15 is 0 Å². The van der Waals surface area contributed by atoms with Gasteiger partial charge in [0.1, 0.15) is 0 Å². The Morgan fingerprint density at radius 2 is 2.09 bits per heavy atom. The van der Waals surface area contributed by atoms with Crippen LogP contribution in [0.1, 0.15) is 39.2 Å². The van der Waals surface area contributed by atoms with Crippen molar-refractivity contribution < 1.29 is 14.3 Å². The van der Waals surface area contributed by atoms with Crippen LogP contribution in [0.15, 0.2) is 18.2 Å². The van der Waals surface area contributed by atoms with Crippen LogP contribution in [0.2, 0.25) is 5.02 Å². The van der Waals surface area contributed by atoms with Gasteiger partial charge in [-0.25, -0.2) is 0 Å². The topological polar surface area (TPSA) is 38.8 Å². The van der Waals surface area contributed by atoms with Crippen molar-refractivity contribution in [1.29, 1.82) is 0 Å². The number of hydrogen-bond acceptors (Lipinski definition) is 3. The zero-order valence-corrected chi connectivity index (χ0v) is 15.3. The molecule has 0 saturated heterocycles. The second-order valence-corrected chi connectivity index (χ2v) is 6.05. The van der Waals surface area contributed by atoms with E-state index in [1.54, 1.807) is 43.3 Å². The van der Waals surface area contributed by atoms with Crippen molar-refractivity contribution in [3.8, 4) is 11.5 Å². The molecule has 0 aliphatic carbocycles. The third kappa shape index (κ3) is 6.14. The van der Waals surface area contributed by atoms with Gasteiger partial charge in [-0.05, 0) is 44.0 Å². The normalized spacial score (nSPS) is 11.1. The summed E-state index contributed by atoms with van der Waals surface area (Å²) >= 11 is 6.27. The molecule has 0 atom stereocenters. The van der Waals surface area contributed by atoms with Crippen LogP contribution in [0, 0.1) is 0 Å². The molecule has 0 N–H and O–H groups in total. The lowest BCUT2D eigenvalue weighted by atomic mass is 10.1. The molecule has 0 aromatic heterocycles. The highest BCUT2D eigenvalue weighted by Crippen LogP contribution is 2.37. The fourth-order valence-electron chi connectivity index (χ4n) is 1.99. The summed E-state index contributed by atoms with van der Waals surface area (Å²) in [6.45, 7) is 6.71. The fourth-order valence-corrected chi connectivity index (χ4v) is 2.25. The molecule has 1 aromatic rings. The van der Waals surface area contributed by atoms with Crippen LogP contribution in [0.25, 0.3) is 6.08 Å². The first-order valence-corrected chi connectivity index (χ1v) is 8.24. The van der Waals surface area contributed by atoms with Crippen LogP contribution in [0.3, 0.4) is 0 Å². The van der Waals surface area contributed by atoms with Crippen LogP contribution < -0.4 is 9.47 Å². The zero-order chi connectivity index (χ0) is 17.4. The molecule has 0 aliphatic rings. The number of likely N-dealkylation sites (N-methyl/N-ethyl adjacent to an activating group) is 1. The van der Waals surface area contributed by atoms with Crippen LogP contribution in [0.4, 0.5) is 0 Å². The highest BCUT2D eigenvalue weighted by atomic mass is 35.5. The first-order chi connectivity index (χ1) is 10.9. The molecule has 1 amide bonds. The van der Waals surface area contributed by atoms with Gasteiger partial charge in [0.15, 0.2) is 11.5 Å². The maximum atomic E-state index is 12.0. The van der Waals surface area contributed by atoms with Crippen molar-refractivity contribution in [2.24, 2.45) is 0 Å². The lowest BCUT2D eigenvalue weighted by Crippen LogP contribution is -2.25. The molecule has 4 nitrogen and oxygen atoms in total. The lowest BCUT2D eigenvalue weighted by Gasteiger charge is -2.16. The summed E-state index contributed by atoms with van der Waals surface area (Å²) in [5, 5.41) is 0.462. The minimum atomic E-state index is -0.0314. The highest BCUT2D eigenvalue weighted by molar-refractivity contribution is 6.32. The number of nitrogens with zero attached hydrogens (tertiary/aromatic N) is 1. The molecule has 0 aliphatic heterocycles. The molecule has 0 spiro atoms. The third-order valence-corrected chi connectivity index (χ3v) is 3.53. The number of unbranched alkanes of at least 4 members (excludes halogenated alkanes) is 1. The minimum absolute atomic E-state index is 0.00316. The van der Waals surface area contributed by atoms with E-state index in [9.17, 15) is 4.79 Å². The number of rotatable bonds is 8. The van der Waals surface area contributed by atoms with Crippen molar-refractivity contribution in [2.45, 2.75) is 39.7 Å². The van der Waals surface area contributed by atoms with Crippen molar-refractivity contribution in [3.63, 3.8) is 0 Å². The van der Waals surface area contributed by atoms with Gasteiger partial charge in [0, 0.05) is 19.7 Å². The average Bonchev–Trinajstić information content (AvgIpc) is 2.51.